The fraction of sp³-hybridized carbons (Fsp3) is 0.146. The average Bonchev–Trinajstić information content (AvgIpc) is 1.63. The first-order valence-electron chi connectivity index (χ1n) is 37.3. The second-order valence-corrected chi connectivity index (χ2v) is 27.3. The minimum absolute atomic E-state index is 0.0281. The highest BCUT2D eigenvalue weighted by Gasteiger charge is 2.32. The first-order chi connectivity index (χ1) is 56.2. The maximum Gasteiger partial charge on any atom is 0.411 e. The molecule has 0 aliphatic carbocycles. The molecule has 0 fully saturated rings. The molecular formula is C89H75F2N15O9. The molecule has 7 aromatic carbocycles. The number of carbonyl (C=O) groups is 6. The van der Waals surface area contributed by atoms with Gasteiger partial charge in [0, 0.05) is 163 Å². The number of aromatic nitrogens is 6. The van der Waals surface area contributed by atoms with Crippen LogP contribution in [0.25, 0.3) is 77.5 Å². The number of cyclic esters (lactones) is 3. The summed E-state index contributed by atoms with van der Waals surface area (Å²) in [7, 11) is 0. The van der Waals surface area contributed by atoms with E-state index in [9.17, 15) is 37.5 Å². The number of ether oxygens (including phenoxy) is 3. The van der Waals surface area contributed by atoms with E-state index in [4.69, 9.17) is 14.2 Å². The van der Waals surface area contributed by atoms with Crippen LogP contribution in [0.2, 0.25) is 0 Å². The molecule has 13 aromatic rings. The molecule has 26 heteroatoms. The summed E-state index contributed by atoms with van der Waals surface area (Å²) in [6.07, 6.45) is 23.5. The average molecular weight is 1540 g/mol. The number of carbonyl (C=O) groups excluding carboxylic acids is 6. The van der Waals surface area contributed by atoms with Crippen LogP contribution in [0.1, 0.15) is 38.9 Å². The van der Waals surface area contributed by atoms with Crippen LogP contribution in [0.3, 0.4) is 0 Å². The van der Waals surface area contributed by atoms with Crippen molar-refractivity contribution in [2.45, 2.75) is 45.1 Å². The van der Waals surface area contributed by atoms with Gasteiger partial charge in [0.1, 0.15) is 11.6 Å². The van der Waals surface area contributed by atoms with E-state index in [0.29, 0.717) is 57.9 Å². The number of hydrogen-bond donors (Lipinski definition) is 8. The van der Waals surface area contributed by atoms with E-state index in [-0.39, 0.29) is 35.8 Å². The molecule has 0 unspecified atom stereocenters. The summed E-state index contributed by atoms with van der Waals surface area (Å²) >= 11 is 0. The van der Waals surface area contributed by atoms with Gasteiger partial charge in [-0.25, -0.2) is 37.5 Å². The Kier molecular flexibility index (Phi) is 23.3. The molecule has 0 radical (unpaired) electrons. The van der Waals surface area contributed by atoms with E-state index in [1.165, 1.54) is 46.6 Å². The highest BCUT2D eigenvalue weighted by atomic mass is 19.1. The summed E-state index contributed by atoms with van der Waals surface area (Å²) in [6.45, 7) is 3.80. The molecule has 7 aliphatic rings. The van der Waals surface area contributed by atoms with Crippen LogP contribution in [0.5, 0.6) is 0 Å². The van der Waals surface area contributed by atoms with Crippen LogP contribution < -0.4 is 47.4 Å². The second-order valence-electron chi connectivity index (χ2n) is 27.3. The lowest BCUT2D eigenvalue weighted by Crippen LogP contribution is -2.42. The van der Waals surface area contributed by atoms with E-state index in [1.54, 1.807) is 37.1 Å². The molecule has 24 nitrogen and oxygen atoms in total. The smallest absolute Gasteiger partial charge is 0.411 e. The van der Waals surface area contributed by atoms with Gasteiger partial charge in [-0.05, 0) is 211 Å². The molecule has 20 rings (SSSR count). The molecular weight excluding hydrogens is 1460 g/mol. The minimum Gasteiger partial charge on any atom is -0.449 e. The van der Waals surface area contributed by atoms with E-state index in [1.807, 2.05) is 145 Å². The van der Waals surface area contributed by atoms with Crippen LogP contribution in [0.15, 0.2) is 250 Å². The maximum atomic E-state index is 13.2. The second kappa shape index (κ2) is 35.5. The zero-order valence-corrected chi connectivity index (χ0v) is 61.9. The van der Waals surface area contributed by atoms with Gasteiger partial charge in [0.2, 0.25) is 0 Å². The summed E-state index contributed by atoms with van der Waals surface area (Å²) in [4.78, 5) is 94.7. The first-order valence-corrected chi connectivity index (χ1v) is 37.3. The summed E-state index contributed by atoms with van der Waals surface area (Å²) in [5.41, 5.74) is 25.0. The predicted molar refractivity (Wildman–Crippen MR) is 436 cm³/mol. The third-order valence-corrected chi connectivity index (χ3v) is 19.8. The number of anilines is 6. The number of halogens is 2. The van der Waals surface area contributed by atoms with Gasteiger partial charge in [0.25, 0.3) is 0 Å². The Labute approximate surface area is 659 Å². The molecule has 13 heterocycles. The topological polar surface area (TPSA) is 307 Å². The quantitative estimate of drug-likeness (QED) is 0.0718. The van der Waals surface area contributed by atoms with Crippen molar-refractivity contribution >= 4 is 81.3 Å². The number of nitrogens with zero attached hydrogens (tertiary/aromatic N) is 7. The van der Waals surface area contributed by atoms with Crippen molar-refractivity contribution in [1.29, 1.82) is 0 Å². The van der Waals surface area contributed by atoms with Gasteiger partial charge in [0.05, 0.1) is 37.9 Å². The number of rotatable bonds is 6. The van der Waals surface area contributed by atoms with E-state index in [2.05, 4.69) is 121 Å². The maximum absolute atomic E-state index is 13.2. The van der Waals surface area contributed by atoms with Crippen molar-refractivity contribution in [2.75, 3.05) is 70.9 Å². The zero-order chi connectivity index (χ0) is 79.0. The zero-order valence-electron chi connectivity index (χ0n) is 61.9. The SMILES string of the molecule is O=C1NCCc2cc(-c3cccnc3)ccc2N1.O=C1NCCc2cc(-c3cncc(F)c3)ccc2N1.O=C1NCc2cc(-c3cccnc3)cc3c2N1CC3.O=C1Nc2ccc(-c3cccnc3)cc2CCO1.O=C1Nc2ccc(-c3cncc(F)c3)cc2CCO1.O=C1Nc2ccc(-c3cncc4ccccc34)cc2CCO1. The summed E-state index contributed by atoms with van der Waals surface area (Å²) in [5, 5.41) is 24.5. The molecule has 0 atom stereocenters. The molecule has 0 spiro atoms. The minimum atomic E-state index is -0.445. The molecule has 0 bridgehead atoms. The van der Waals surface area contributed by atoms with Gasteiger partial charge >= 0.3 is 36.4 Å². The van der Waals surface area contributed by atoms with Crippen molar-refractivity contribution in [2.24, 2.45) is 0 Å². The van der Waals surface area contributed by atoms with Crippen LogP contribution in [0.4, 0.5) is 71.7 Å². The molecule has 115 heavy (non-hydrogen) atoms. The third kappa shape index (κ3) is 18.8. The van der Waals surface area contributed by atoms with Crippen LogP contribution in [-0.2, 0) is 59.3 Å². The number of fused-ring (bicyclic) bond motifs is 6. The fourth-order valence-electron chi connectivity index (χ4n) is 14.2. The lowest BCUT2D eigenvalue weighted by atomic mass is 9.98. The van der Waals surface area contributed by atoms with Crippen molar-refractivity contribution in [3.05, 3.63) is 301 Å². The predicted octanol–water partition coefficient (Wildman–Crippen LogP) is 17.2. The van der Waals surface area contributed by atoms with Crippen molar-refractivity contribution in [1.82, 2.24) is 45.9 Å². The Balaban J connectivity index is 0.000000109. The van der Waals surface area contributed by atoms with E-state index >= 15 is 0 Å². The normalized spacial score (nSPS) is 14.4. The molecule has 6 aromatic heterocycles. The van der Waals surface area contributed by atoms with Crippen LogP contribution in [0, 0.1) is 11.6 Å². The monoisotopic (exact) mass is 1540 g/mol. The Morgan fingerprint density at radius 3 is 1.19 bits per heavy atom. The van der Waals surface area contributed by atoms with E-state index in [0.717, 1.165) is 155 Å². The summed E-state index contributed by atoms with van der Waals surface area (Å²) in [6, 6.07) is 56.2. The highest BCUT2D eigenvalue weighted by Crippen LogP contribution is 2.39. The van der Waals surface area contributed by atoms with Gasteiger partial charge in [-0.3, -0.25) is 50.8 Å². The molecule has 9 amide bonds. The number of benzene rings is 7. The van der Waals surface area contributed by atoms with Crippen molar-refractivity contribution < 1.29 is 51.8 Å². The highest BCUT2D eigenvalue weighted by molar-refractivity contribution is 5.99. The standard InChI is InChI=1S/C18H14N2O2.C15H13N3O.C14H12FN3O.C14H11FN2O2.C14H13N3O.C14H12N2O2/c21-18-20-17-6-5-12(9-13(17)7-8-22-18)16-11-19-10-14-3-1-2-4-15(14)16;19-15-17-9-13-7-12(11-2-1-4-16-8-11)6-10-3-5-18(15)14(10)13;15-12-6-11(7-16-8-12)9-1-2-13-10(5-9)3-4-17-14(19)18-13;15-12-6-11(7-16-8-12)9-1-2-13-10(5-9)3-4-19-14(18)17-13;18-14-16-7-5-11-8-10(3-4-13(11)17-14)12-2-1-6-15-9-12;17-14-16-13-4-3-10(8-11(13)5-7-18-14)12-2-1-6-15-9-12/h1-6,9-11H,7-8H2,(H,20,21);1-2,4,6-8H,3,5,9H2,(H,17,19);1-2,5-8H,3-4H2,(H2,17,18,19);1-2,5-8H,3-4H2,(H,17,18);1-4,6,8-9H,5,7H2,(H2,16,17,18);1-4,6,8-9H,5,7H2,(H,16,17). The largest absolute Gasteiger partial charge is 0.449 e. The van der Waals surface area contributed by atoms with Gasteiger partial charge in [-0.1, -0.05) is 72.8 Å². The van der Waals surface area contributed by atoms with E-state index < -0.39 is 12.2 Å². The van der Waals surface area contributed by atoms with Gasteiger partial charge in [0.15, 0.2) is 0 Å². The number of pyridine rings is 6. The Hall–Kier alpha value is -14.8. The van der Waals surface area contributed by atoms with Crippen LogP contribution in [-0.4, -0.2) is 106 Å². The van der Waals surface area contributed by atoms with Gasteiger partial charge in [-0.2, -0.15) is 0 Å². The van der Waals surface area contributed by atoms with Crippen molar-refractivity contribution in [3.63, 3.8) is 0 Å². The number of amides is 9. The lowest BCUT2D eigenvalue weighted by molar-refractivity contribution is 0.164. The first kappa shape index (κ1) is 75.6. The Morgan fingerprint density at radius 1 is 0.322 bits per heavy atom. The number of hydrogen-bond acceptors (Lipinski definition) is 15. The molecule has 0 saturated heterocycles. The molecule has 8 N–H and O–H groups in total. The summed E-state index contributed by atoms with van der Waals surface area (Å²) in [5.74, 6) is -0.730. The molecule has 7 aliphatic heterocycles. The lowest BCUT2D eigenvalue weighted by Gasteiger charge is -2.26. The number of nitrogens with one attached hydrogen (secondary N) is 8. The van der Waals surface area contributed by atoms with Gasteiger partial charge in [-0.15, -0.1) is 0 Å². The third-order valence-electron chi connectivity index (χ3n) is 19.8. The van der Waals surface area contributed by atoms with Crippen LogP contribution >= 0.6 is 0 Å². The van der Waals surface area contributed by atoms with Crippen molar-refractivity contribution in [3.8, 4) is 66.8 Å². The number of urea groups is 3. The summed E-state index contributed by atoms with van der Waals surface area (Å²) < 4.78 is 41.3. The molecule has 574 valence electrons. The fourth-order valence-corrected chi connectivity index (χ4v) is 14.2. The Bertz CT molecular complexity index is 5590. The van der Waals surface area contributed by atoms with Gasteiger partial charge < -0.3 is 40.8 Å². The Morgan fingerprint density at radius 2 is 0.722 bits per heavy atom. The molecule has 0 saturated carbocycles.